The van der Waals surface area contributed by atoms with Crippen molar-refractivity contribution in [2.75, 3.05) is 79.1 Å². The summed E-state index contributed by atoms with van der Waals surface area (Å²) in [6.45, 7) is 9.94. The third kappa shape index (κ3) is 34.1. The molecule has 0 aliphatic carbocycles. The van der Waals surface area contributed by atoms with E-state index in [0.717, 1.165) is 44.5 Å². The van der Waals surface area contributed by atoms with E-state index in [9.17, 15) is 26.4 Å². The first kappa shape index (κ1) is 44.1. The SMILES string of the molecule is C=CC(=O)OCCCC[N+](C)(C)CCCS(=O)(=O)O.C=CC(=O)OCCCC[N+](C)(C)CCS(=O)(=O)O.[OH-].[OH-]. The van der Waals surface area contributed by atoms with Crippen molar-refractivity contribution in [2.24, 2.45) is 0 Å². The molecule has 39 heavy (non-hydrogen) atoms. The van der Waals surface area contributed by atoms with Crippen LogP contribution < -0.4 is 0 Å². The molecule has 16 heteroatoms. The lowest BCUT2D eigenvalue weighted by molar-refractivity contribution is -0.890. The van der Waals surface area contributed by atoms with Crippen molar-refractivity contribution >= 4 is 32.2 Å². The Morgan fingerprint density at radius 1 is 0.641 bits per heavy atom. The third-order valence-corrected chi connectivity index (χ3v) is 6.76. The molecular weight excluding hydrogens is 560 g/mol. The van der Waals surface area contributed by atoms with E-state index < -0.39 is 32.2 Å². The smallest absolute Gasteiger partial charge is 0.330 e. The second-order valence-electron chi connectivity index (χ2n) is 9.85. The summed E-state index contributed by atoms with van der Waals surface area (Å²) in [6, 6.07) is 0. The molecule has 0 aliphatic rings. The Labute approximate surface area is 233 Å². The van der Waals surface area contributed by atoms with E-state index in [2.05, 4.69) is 13.2 Å². The van der Waals surface area contributed by atoms with Crippen LogP contribution in [0.1, 0.15) is 32.1 Å². The average molecular weight is 609 g/mol. The van der Waals surface area contributed by atoms with Gasteiger partial charge in [0.2, 0.25) is 0 Å². The highest BCUT2D eigenvalue weighted by atomic mass is 32.2. The zero-order valence-corrected chi connectivity index (χ0v) is 25.2. The zero-order valence-electron chi connectivity index (χ0n) is 23.5. The number of carbonyl (C=O) groups excluding carboxylic acids is 2. The van der Waals surface area contributed by atoms with Crippen LogP contribution in [-0.4, -0.2) is 137 Å². The molecule has 0 fully saturated rings. The summed E-state index contributed by atoms with van der Waals surface area (Å²) in [6.07, 6.45) is 5.84. The Kier molecular flexibility index (Phi) is 24.7. The topological polar surface area (TPSA) is 221 Å². The maximum absolute atomic E-state index is 10.8. The number of carbonyl (C=O) groups is 2. The molecule has 14 nitrogen and oxygen atoms in total. The molecule has 0 aromatic carbocycles. The number of quaternary nitrogens is 2. The van der Waals surface area contributed by atoms with Gasteiger partial charge >= 0.3 is 11.9 Å². The molecule has 0 spiro atoms. The van der Waals surface area contributed by atoms with E-state index in [-0.39, 0.29) is 22.5 Å². The van der Waals surface area contributed by atoms with Crippen molar-refractivity contribution in [2.45, 2.75) is 32.1 Å². The molecule has 0 rings (SSSR count). The van der Waals surface area contributed by atoms with Crippen molar-refractivity contribution in [1.29, 1.82) is 0 Å². The summed E-state index contributed by atoms with van der Waals surface area (Å²) in [4.78, 5) is 21.5. The maximum atomic E-state index is 10.8. The molecule has 0 amide bonds. The minimum absolute atomic E-state index is 0. The van der Waals surface area contributed by atoms with Crippen LogP contribution >= 0.6 is 0 Å². The van der Waals surface area contributed by atoms with Crippen molar-refractivity contribution in [3.05, 3.63) is 25.3 Å². The molecule has 0 aromatic heterocycles. The van der Waals surface area contributed by atoms with Gasteiger partial charge in [-0.15, -0.1) is 0 Å². The summed E-state index contributed by atoms with van der Waals surface area (Å²) in [5, 5.41) is 0. The average Bonchev–Trinajstić information content (AvgIpc) is 2.75. The quantitative estimate of drug-likeness (QED) is 0.0688. The summed E-state index contributed by atoms with van der Waals surface area (Å²) in [5.74, 6) is -1.30. The number of hydrogen-bond donors (Lipinski definition) is 2. The maximum Gasteiger partial charge on any atom is 0.330 e. The van der Waals surface area contributed by atoms with Crippen molar-refractivity contribution < 1.29 is 64.9 Å². The second-order valence-corrected chi connectivity index (χ2v) is 13.0. The third-order valence-electron chi connectivity index (χ3n) is 5.26. The number of nitrogens with zero attached hydrogens (tertiary/aromatic N) is 2. The lowest BCUT2D eigenvalue weighted by Gasteiger charge is -2.29. The Bertz CT molecular complexity index is 917. The van der Waals surface area contributed by atoms with Gasteiger partial charge in [0.1, 0.15) is 5.75 Å². The van der Waals surface area contributed by atoms with Crippen LogP contribution in [0, 0.1) is 0 Å². The van der Waals surface area contributed by atoms with Crippen LogP contribution in [0.25, 0.3) is 0 Å². The summed E-state index contributed by atoms with van der Waals surface area (Å²) in [7, 11) is 0.0109. The number of hydrogen-bond acceptors (Lipinski definition) is 10. The number of unbranched alkanes of at least 4 members (excludes halogenated alkanes) is 2. The van der Waals surface area contributed by atoms with Crippen LogP contribution in [-0.2, 0) is 39.3 Å². The Hall–Kier alpha value is -1.92. The van der Waals surface area contributed by atoms with Gasteiger partial charge in [0.15, 0.2) is 0 Å². The minimum Gasteiger partial charge on any atom is -0.870 e. The minimum atomic E-state index is -3.90. The molecule has 4 N–H and O–H groups in total. The first-order valence-electron chi connectivity index (χ1n) is 12.0. The molecule has 0 unspecified atom stereocenters. The number of rotatable bonds is 19. The normalized spacial score (nSPS) is 11.5. The number of esters is 2. The Morgan fingerprint density at radius 2 is 0.974 bits per heavy atom. The molecule has 0 saturated heterocycles. The van der Waals surface area contributed by atoms with E-state index in [1.54, 1.807) is 0 Å². The van der Waals surface area contributed by atoms with Crippen LogP contribution in [0.3, 0.4) is 0 Å². The fourth-order valence-electron chi connectivity index (χ4n) is 3.01. The number of ether oxygens (including phenoxy) is 2. The van der Waals surface area contributed by atoms with Crippen LogP contribution in [0.2, 0.25) is 0 Å². The molecule has 0 saturated carbocycles. The van der Waals surface area contributed by atoms with Gasteiger partial charge in [0, 0.05) is 18.6 Å². The summed E-state index contributed by atoms with van der Waals surface area (Å²) in [5.41, 5.74) is 0. The standard InChI is InChI=1S/C12H23NO5S.C11H21NO5S.2H2O/c1-4-12(14)18-10-6-5-8-13(2,3)9-7-11-19(15,16)17;1-4-11(13)17-9-6-5-7-12(2,3)8-10-18(14,15)16;;/h4H,1,5-11H2,2-3H3;4H,1,5-10H2,2-3H3;2*1H2. The van der Waals surface area contributed by atoms with Crippen LogP contribution in [0.5, 0.6) is 0 Å². The molecule has 0 bridgehead atoms. The van der Waals surface area contributed by atoms with Gasteiger partial charge in [-0.2, -0.15) is 16.8 Å². The first-order chi connectivity index (χ1) is 16.8. The van der Waals surface area contributed by atoms with Gasteiger partial charge in [0.05, 0.1) is 73.3 Å². The van der Waals surface area contributed by atoms with Gasteiger partial charge in [-0.3, -0.25) is 9.11 Å². The van der Waals surface area contributed by atoms with Gasteiger partial charge in [-0.05, 0) is 25.7 Å². The van der Waals surface area contributed by atoms with Crippen molar-refractivity contribution in [1.82, 2.24) is 0 Å². The van der Waals surface area contributed by atoms with Crippen molar-refractivity contribution in [3.8, 4) is 0 Å². The lowest BCUT2D eigenvalue weighted by atomic mass is 10.2. The predicted octanol–water partition coefficient (Wildman–Crippen LogP) is 0.957. The van der Waals surface area contributed by atoms with E-state index in [1.807, 2.05) is 28.2 Å². The molecule has 0 radical (unpaired) electrons. The lowest BCUT2D eigenvalue weighted by Crippen LogP contribution is -2.43. The molecule has 234 valence electrons. The predicted molar refractivity (Wildman–Crippen MR) is 146 cm³/mol. The van der Waals surface area contributed by atoms with Crippen molar-refractivity contribution in [3.63, 3.8) is 0 Å². The largest absolute Gasteiger partial charge is 0.870 e. The van der Waals surface area contributed by atoms with Crippen LogP contribution in [0.15, 0.2) is 25.3 Å². The molecule has 0 heterocycles. The van der Waals surface area contributed by atoms with Gasteiger partial charge in [0.25, 0.3) is 20.2 Å². The fourth-order valence-corrected chi connectivity index (χ4v) is 4.23. The first-order valence-corrected chi connectivity index (χ1v) is 15.2. The summed E-state index contributed by atoms with van der Waals surface area (Å²) >= 11 is 0. The van der Waals surface area contributed by atoms with E-state index >= 15 is 0 Å². The van der Waals surface area contributed by atoms with E-state index in [0.29, 0.717) is 48.1 Å². The van der Waals surface area contributed by atoms with Crippen LogP contribution in [0.4, 0.5) is 0 Å². The van der Waals surface area contributed by atoms with Gasteiger partial charge in [-0.1, -0.05) is 13.2 Å². The monoisotopic (exact) mass is 608 g/mol. The highest BCUT2D eigenvalue weighted by Crippen LogP contribution is 2.05. The highest BCUT2D eigenvalue weighted by Gasteiger charge is 2.18. The second kappa shape index (κ2) is 21.8. The summed E-state index contributed by atoms with van der Waals surface area (Å²) < 4.78 is 70.6. The molecule has 0 aliphatic heterocycles. The highest BCUT2D eigenvalue weighted by molar-refractivity contribution is 7.86. The molecule has 0 atom stereocenters. The Balaban J connectivity index is -0.000000299. The zero-order chi connectivity index (χ0) is 29.2. The molecule has 0 aromatic rings. The fraction of sp³-hybridized carbons (Fsp3) is 0.739. The van der Waals surface area contributed by atoms with Gasteiger partial charge in [-0.25, -0.2) is 9.59 Å². The van der Waals surface area contributed by atoms with E-state index in [1.165, 1.54) is 0 Å². The Morgan fingerprint density at radius 3 is 1.31 bits per heavy atom. The van der Waals surface area contributed by atoms with E-state index in [4.69, 9.17) is 18.6 Å². The van der Waals surface area contributed by atoms with Gasteiger partial charge < -0.3 is 29.4 Å². The molecular formula is C23H48N2O12S2.